The van der Waals surface area contributed by atoms with Crippen molar-refractivity contribution in [2.24, 2.45) is 0 Å². The third-order valence-electron chi connectivity index (χ3n) is 3.60. The molecule has 0 radical (unpaired) electrons. The maximum atomic E-state index is 12.9. The first kappa shape index (κ1) is 17.2. The number of hydrogen-bond acceptors (Lipinski definition) is 7. The number of nitrogens with zero attached hydrogens (tertiary/aromatic N) is 3. The number of aromatic nitrogens is 2. The van der Waals surface area contributed by atoms with E-state index in [0.29, 0.717) is 11.6 Å². The van der Waals surface area contributed by atoms with Gasteiger partial charge in [0.15, 0.2) is 0 Å². The van der Waals surface area contributed by atoms with Gasteiger partial charge in [0, 0.05) is 26.1 Å². The molecule has 1 fully saturated rings. The molecule has 1 saturated heterocycles. The van der Waals surface area contributed by atoms with Crippen LogP contribution in [0, 0.1) is 6.92 Å². The van der Waals surface area contributed by atoms with Crippen molar-refractivity contribution < 1.29 is 22.3 Å². The molecule has 10 heteroatoms. The standard InChI is InChI=1S/C14H16ClN3O5S/c1-9-16-17-14(23-9)12-8-18(5-6-22-12)24(19,20)13-7-10(21-2)3-4-11(13)15/h3-4,7,12H,5-6,8H2,1-2H3/t12-/m0/s1. The molecule has 24 heavy (non-hydrogen) atoms. The van der Waals surface area contributed by atoms with Crippen LogP contribution in [0.5, 0.6) is 5.75 Å². The van der Waals surface area contributed by atoms with E-state index in [2.05, 4.69) is 10.2 Å². The van der Waals surface area contributed by atoms with Gasteiger partial charge < -0.3 is 13.9 Å². The Morgan fingerprint density at radius 1 is 1.38 bits per heavy atom. The van der Waals surface area contributed by atoms with Gasteiger partial charge in [0.25, 0.3) is 0 Å². The number of rotatable bonds is 4. The van der Waals surface area contributed by atoms with E-state index in [4.69, 9.17) is 25.5 Å². The SMILES string of the molecule is COc1ccc(Cl)c(S(=O)(=O)N2CCO[C@H](c3nnc(C)o3)C2)c1. The lowest BCUT2D eigenvalue weighted by Gasteiger charge is -2.30. The monoisotopic (exact) mass is 373 g/mol. The molecule has 0 saturated carbocycles. The predicted octanol–water partition coefficient (Wildman–Crippen LogP) is 1.80. The molecule has 2 aromatic rings. The summed E-state index contributed by atoms with van der Waals surface area (Å²) in [6, 6.07) is 4.50. The zero-order valence-corrected chi connectivity index (χ0v) is 14.7. The van der Waals surface area contributed by atoms with Crippen molar-refractivity contribution >= 4 is 21.6 Å². The number of benzene rings is 1. The van der Waals surface area contributed by atoms with Gasteiger partial charge in [-0.25, -0.2) is 8.42 Å². The Morgan fingerprint density at radius 3 is 2.83 bits per heavy atom. The molecule has 8 nitrogen and oxygen atoms in total. The number of hydrogen-bond donors (Lipinski definition) is 0. The molecule has 0 spiro atoms. The highest BCUT2D eigenvalue weighted by Gasteiger charge is 2.35. The van der Waals surface area contributed by atoms with Gasteiger partial charge in [0.1, 0.15) is 16.7 Å². The lowest BCUT2D eigenvalue weighted by atomic mass is 10.3. The fourth-order valence-corrected chi connectivity index (χ4v) is 4.30. The van der Waals surface area contributed by atoms with Crippen LogP contribution in [-0.2, 0) is 14.8 Å². The maximum absolute atomic E-state index is 12.9. The summed E-state index contributed by atoms with van der Waals surface area (Å²) in [7, 11) is -2.35. The van der Waals surface area contributed by atoms with Gasteiger partial charge in [-0.15, -0.1) is 10.2 Å². The van der Waals surface area contributed by atoms with E-state index in [1.54, 1.807) is 13.0 Å². The highest BCUT2D eigenvalue weighted by molar-refractivity contribution is 7.89. The quantitative estimate of drug-likeness (QED) is 0.806. The van der Waals surface area contributed by atoms with Crippen molar-refractivity contribution in [2.45, 2.75) is 17.9 Å². The number of aryl methyl sites for hydroxylation is 1. The van der Waals surface area contributed by atoms with Crippen molar-refractivity contribution in [1.29, 1.82) is 0 Å². The highest BCUT2D eigenvalue weighted by atomic mass is 35.5. The second-order valence-electron chi connectivity index (χ2n) is 5.18. The molecule has 2 heterocycles. The first-order valence-electron chi connectivity index (χ1n) is 7.17. The number of morpholine rings is 1. The minimum atomic E-state index is -3.81. The molecule has 1 aliphatic heterocycles. The van der Waals surface area contributed by atoms with E-state index in [-0.39, 0.29) is 35.5 Å². The van der Waals surface area contributed by atoms with Gasteiger partial charge >= 0.3 is 0 Å². The van der Waals surface area contributed by atoms with Crippen LogP contribution in [-0.4, -0.2) is 49.7 Å². The topological polar surface area (TPSA) is 94.8 Å². The first-order valence-corrected chi connectivity index (χ1v) is 8.99. The molecular weight excluding hydrogens is 358 g/mol. The second kappa shape index (κ2) is 6.67. The Hall–Kier alpha value is -1.68. The average molecular weight is 374 g/mol. The highest BCUT2D eigenvalue weighted by Crippen LogP contribution is 2.31. The Labute approximate surface area is 144 Å². The van der Waals surface area contributed by atoms with E-state index in [9.17, 15) is 8.42 Å². The average Bonchev–Trinajstić information content (AvgIpc) is 3.02. The number of methoxy groups -OCH3 is 1. The van der Waals surface area contributed by atoms with Crippen LogP contribution in [0.2, 0.25) is 5.02 Å². The first-order chi connectivity index (χ1) is 11.4. The fourth-order valence-electron chi connectivity index (χ4n) is 2.38. The van der Waals surface area contributed by atoms with Crippen LogP contribution in [0.3, 0.4) is 0 Å². The van der Waals surface area contributed by atoms with Crippen molar-refractivity contribution in [3.05, 3.63) is 35.0 Å². The largest absolute Gasteiger partial charge is 0.497 e. The number of ether oxygens (including phenoxy) is 2. The summed E-state index contributed by atoms with van der Waals surface area (Å²) in [5.74, 6) is 1.06. The Bertz CT molecular complexity index is 839. The van der Waals surface area contributed by atoms with Crippen LogP contribution in [0.4, 0.5) is 0 Å². The zero-order chi connectivity index (χ0) is 17.3. The lowest BCUT2D eigenvalue weighted by Crippen LogP contribution is -2.42. The Balaban J connectivity index is 1.89. The maximum Gasteiger partial charge on any atom is 0.246 e. The summed E-state index contributed by atoms with van der Waals surface area (Å²) >= 11 is 6.08. The van der Waals surface area contributed by atoms with Crippen molar-refractivity contribution in [3.8, 4) is 5.75 Å². The molecule has 0 aliphatic carbocycles. The van der Waals surface area contributed by atoms with Gasteiger partial charge in [-0.3, -0.25) is 0 Å². The van der Waals surface area contributed by atoms with Gasteiger partial charge in [-0.05, 0) is 12.1 Å². The van der Waals surface area contributed by atoms with Crippen molar-refractivity contribution in [3.63, 3.8) is 0 Å². The van der Waals surface area contributed by atoms with E-state index in [1.165, 1.54) is 23.5 Å². The molecule has 0 bridgehead atoms. The van der Waals surface area contributed by atoms with Crippen molar-refractivity contribution in [2.75, 3.05) is 26.8 Å². The summed E-state index contributed by atoms with van der Waals surface area (Å²) < 4.78 is 43.1. The molecule has 1 atom stereocenters. The predicted molar refractivity (Wildman–Crippen MR) is 84.5 cm³/mol. The summed E-state index contributed by atoms with van der Waals surface area (Å²) in [6.45, 7) is 2.15. The lowest BCUT2D eigenvalue weighted by molar-refractivity contribution is -0.0176. The van der Waals surface area contributed by atoms with E-state index in [0.717, 1.165) is 0 Å². The Kier molecular flexibility index (Phi) is 4.77. The van der Waals surface area contributed by atoms with Gasteiger partial charge in [0.05, 0.1) is 18.7 Å². The molecule has 1 aliphatic rings. The number of sulfonamides is 1. The normalized spacial score (nSPS) is 19.4. The molecule has 1 aromatic heterocycles. The number of halogens is 1. The Morgan fingerprint density at radius 2 is 2.17 bits per heavy atom. The molecular formula is C14H16ClN3O5S. The zero-order valence-electron chi connectivity index (χ0n) is 13.1. The van der Waals surface area contributed by atoms with Gasteiger partial charge in [0.2, 0.25) is 21.8 Å². The minimum absolute atomic E-state index is 0.00845. The fraction of sp³-hybridized carbons (Fsp3) is 0.429. The molecule has 0 amide bonds. The summed E-state index contributed by atoms with van der Waals surface area (Å²) in [6.07, 6.45) is -0.612. The third-order valence-corrected chi connectivity index (χ3v) is 5.95. The summed E-state index contributed by atoms with van der Waals surface area (Å²) in [5.41, 5.74) is 0. The molecule has 3 rings (SSSR count). The van der Waals surface area contributed by atoms with Crippen LogP contribution in [0.1, 0.15) is 17.9 Å². The second-order valence-corrected chi connectivity index (χ2v) is 7.49. The van der Waals surface area contributed by atoms with Gasteiger partial charge in [-0.1, -0.05) is 11.6 Å². The van der Waals surface area contributed by atoms with Crippen LogP contribution < -0.4 is 4.74 Å². The minimum Gasteiger partial charge on any atom is -0.497 e. The van der Waals surface area contributed by atoms with Crippen molar-refractivity contribution in [1.82, 2.24) is 14.5 Å². The summed E-state index contributed by atoms with van der Waals surface area (Å²) in [5, 5.41) is 7.77. The smallest absolute Gasteiger partial charge is 0.246 e. The molecule has 130 valence electrons. The van der Waals surface area contributed by atoms with E-state index in [1.807, 2.05) is 0 Å². The third kappa shape index (κ3) is 3.25. The van der Waals surface area contributed by atoms with E-state index >= 15 is 0 Å². The van der Waals surface area contributed by atoms with Crippen LogP contribution in [0.15, 0.2) is 27.5 Å². The van der Waals surface area contributed by atoms with Crippen LogP contribution >= 0.6 is 11.6 Å². The van der Waals surface area contributed by atoms with Crippen LogP contribution in [0.25, 0.3) is 0 Å². The van der Waals surface area contributed by atoms with Gasteiger partial charge in [-0.2, -0.15) is 4.31 Å². The van der Waals surface area contributed by atoms with E-state index < -0.39 is 16.1 Å². The molecule has 1 aromatic carbocycles. The molecule has 0 N–H and O–H groups in total. The molecule has 0 unspecified atom stereocenters. The summed E-state index contributed by atoms with van der Waals surface area (Å²) in [4.78, 5) is -0.00845.